The predicted octanol–water partition coefficient (Wildman–Crippen LogP) is -1.53. The summed E-state index contributed by atoms with van der Waals surface area (Å²) in [5.41, 5.74) is 5.53. The lowest BCUT2D eigenvalue weighted by Gasteiger charge is -2.10. The van der Waals surface area contributed by atoms with Crippen molar-refractivity contribution in [2.45, 2.75) is 20.5 Å². The van der Waals surface area contributed by atoms with Crippen LogP contribution in [-0.2, 0) is 13.1 Å². The van der Waals surface area contributed by atoms with E-state index in [2.05, 4.69) is 0 Å². The smallest absolute Gasteiger partial charge is 0.227 e. The minimum atomic E-state index is 0. The number of nitrogens with zero attached hydrogens (tertiary/aromatic N) is 4. The number of aromatic nitrogens is 2. The molecule has 2 aromatic carbocycles. The Morgan fingerprint density at radius 3 is 1.08 bits per heavy atom. The summed E-state index contributed by atoms with van der Waals surface area (Å²) in [6, 6.07) is 23.2. The highest BCUT2D eigenvalue weighted by molar-refractivity contribution is 5.96. The highest BCUT2D eigenvalue weighted by atomic mass is 79.9. The van der Waals surface area contributed by atoms with Crippen molar-refractivity contribution in [1.29, 1.82) is 0 Å². The molecule has 0 bridgehead atoms. The lowest BCUT2D eigenvalue weighted by molar-refractivity contribution is -0.683. The average molecular weight is 656 g/mol. The predicted molar refractivity (Wildman–Crippen MR) is 149 cm³/mol. The molecule has 0 aliphatic rings. The lowest BCUT2D eigenvalue weighted by Crippen LogP contribution is -3.00. The summed E-state index contributed by atoms with van der Waals surface area (Å²) in [6.07, 6.45) is 7.67. The van der Waals surface area contributed by atoms with Gasteiger partial charge in [0.1, 0.15) is 0 Å². The first-order valence-electron chi connectivity index (χ1n) is 11.9. The Bertz CT molecular complexity index is 1230. The molecule has 0 saturated heterocycles. The number of rotatable bonds is 9. The quantitative estimate of drug-likeness (QED) is 0.162. The van der Waals surface area contributed by atoms with Crippen molar-refractivity contribution in [3.63, 3.8) is 0 Å². The molecule has 2 aromatic heterocycles. The van der Waals surface area contributed by atoms with Gasteiger partial charge < -0.3 is 43.8 Å². The van der Waals surface area contributed by atoms with Crippen LogP contribution in [0, 0.1) is 0 Å². The fourth-order valence-electron chi connectivity index (χ4n) is 3.92. The Labute approximate surface area is 253 Å². The topological polar surface area (TPSA) is 48.4 Å². The van der Waals surface area contributed by atoms with E-state index in [0.29, 0.717) is 24.2 Å². The van der Waals surface area contributed by atoms with E-state index in [0.717, 1.165) is 22.5 Å². The minimum absolute atomic E-state index is 0. The molecule has 8 heteroatoms. The van der Waals surface area contributed by atoms with Gasteiger partial charge in [-0.2, -0.15) is 9.13 Å². The molecule has 0 atom stereocenters. The number of carbonyl (C=O) groups excluding carboxylic acids is 2. The summed E-state index contributed by atoms with van der Waals surface area (Å²) in [5, 5.41) is 0. The molecule has 0 amide bonds. The SMILES string of the molecule is C.CN(C)c1cc[n+](CC(=O)c2ccc(-c3ccc(C(=O)C[n+]4ccc(N(C)C)cc4)cc3)cc2)cc1.[Br-].[Br-]. The van der Waals surface area contributed by atoms with Gasteiger partial charge in [-0.3, -0.25) is 9.59 Å². The Morgan fingerprint density at radius 2 is 0.821 bits per heavy atom. The van der Waals surface area contributed by atoms with Crippen LogP contribution in [0.15, 0.2) is 97.6 Å². The van der Waals surface area contributed by atoms with Gasteiger partial charge in [-0.25, -0.2) is 0 Å². The summed E-state index contributed by atoms with van der Waals surface area (Å²) >= 11 is 0. The number of anilines is 2. The summed E-state index contributed by atoms with van der Waals surface area (Å²) in [7, 11) is 7.95. The number of hydrogen-bond acceptors (Lipinski definition) is 4. The van der Waals surface area contributed by atoms with Crippen molar-refractivity contribution in [3.8, 4) is 11.1 Å². The Balaban J connectivity index is 0.00000253. The molecule has 0 radical (unpaired) electrons. The van der Waals surface area contributed by atoms with Crippen LogP contribution in [0.4, 0.5) is 11.4 Å². The largest absolute Gasteiger partial charge is 1.00 e. The van der Waals surface area contributed by atoms with E-state index in [1.807, 2.05) is 145 Å². The van der Waals surface area contributed by atoms with E-state index in [9.17, 15) is 9.59 Å². The minimum Gasteiger partial charge on any atom is -1.00 e. The van der Waals surface area contributed by atoms with Crippen LogP contribution in [0.5, 0.6) is 0 Å². The Hall–Kier alpha value is -3.36. The zero-order chi connectivity index (χ0) is 25.7. The van der Waals surface area contributed by atoms with Crippen molar-refractivity contribution in [3.05, 3.63) is 109 Å². The molecule has 4 rings (SSSR count). The first-order valence-corrected chi connectivity index (χ1v) is 11.9. The highest BCUT2D eigenvalue weighted by Crippen LogP contribution is 2.21. The highest BCUT2D eigenvalue weighted by Gasteiger charge is 2.14. The van der Waals surface area contributed by atoms with Gasteiger partial charge in [0.05, 0.1) is 0 Å². The van der Waals surface area contributed by atoms with Crippen LogP contribution >= 0.6 is 0 Å². The zero-order valence-electron chi connectivity index (χ0n) is 22.0. The van der Waals surface area contributed by atoms with Crippen LogP contribution < -0.4 is 52.9 Å². The van der Waals surface area contributed by atoms with Crippen molar-refractivity contribution in [2.24, 2.45) is 0 Å². The molecule has 206 valence electrons. The molecular weight excluding hydrogens is 620 g/mol. The van der Waals surface area contributed by atoms with E-state index in [-0.39, 0.29) is 53.0 Å². The van der Waals surface area contributed by atoms with Gasteiger partial charge in [-0.15, -0.1) is 0 Å². The van der Waals surface area contributed by atoms with E-state index < -0.39 is 0 Å². The number of pyridine rings is 2. The average Bonchev–Trinajstić information content (AvgIpc) is 2.89. The second kappa shape index (κ2) is 15.3. The van der Waals surface area contributed by atoms with E-state index in [4.69, 9.17) is 0 Å². The molecule has 4 aromatic rings. The molecule has 0 aliphatic carbocycles. The molecule has 0 N–H and O–H groups in total. The van der Waals surface area contributed by atoms with Gasteiger partial charge in [0.25, 0.3) is 0 Å². The molecule has 0 saturated carbocycles. The summed E-state index contributed by atoms with van der Waals surface area (Å²) in [4.78, 5) is 29.5. The number of Topliss-reactive ketones (excluding diaryl/α,β-unsaturated/α-hetero) is 2. The second-order valence-electron chi connectivity index (χ2n) is 9.25. The molecule has 0 aliphatic heterocycles. The van der Waals surface area contributed by atoms with E-state index in [1.165, 1.54) is 0 Å². The van der Waals surface area contributed by atoms with Gasteiger partial charge >= 0.3 is 0 Å². The number of hydrogen-bond donors (Lipinski definition) is 0. The summed E-state index contributed by atoms with van der Waals surface area (Å²) in [6.45, 7) is 0.583. The second-order valence-corrected chi connectivity index (χ2v) is 9.25. The first-order chi connectivity index (χ1) is 17.3. The lowest BCUT2D eigenvalue weighted by atomic mass is 10.00. The zero-order valence-corrected chi connectivity index (χ0v) is 25.2. The number of halogens is 2. The maximum Gasteiger partial charge on any atom is 0.227 e. The third-order valence-corrected chi connectivity index (χ3v) is 6.18. The first kappa shape index (κ1) is 33.7. The van der Waals surface area contributed by atoms with Crippen molar-refractivity contribution < 1.29 is 52.7 Å². The molecular formula is C31H36Br2N4O2. The van der Waals surface area contributed by atoms with Crippen molar-refractivity contribution >= 4 is 22.9 Å². The van der Waals surface area contributed by atoms with Crippen molar-refractivity contribution in [1.82, 2.24) is 0 Å². The third-order valence-electron chi connectivity index (χ3n) is 6.18. The molecule has 0 spiro atoms. The van der Waals surface area contributed by atoms with Gasteiger partial charge in [0, 0.05) is 75.0 Å². The summed E-state index contributed by atoms with van der Waals surface area (Å²) in [5.74, 6) is 0.113. The monoisotopic (exact) mass is 654 g/mol. The molecule has 6 nitrogen and oxygen atoms in total. The molecule has 0 fully saturated rings. The maximum atomic E-state index is 12.7. The van der Waals surface area contributed by atoms with Crippen LogP contribution in [0.1, 0.15) is 28.1 Å². The standard InChI is InChI=1S/C30H32N4O2.CH4.2BrH/c1-31(2)27-13-17-33(18-14-27)21-29(35)25-9-5-23(6-10-25)24-7-11-26(12-8-24)30(36)22-34-19-15-28(16-20-34)32(3)4;;;/h5-20H,21-22H2,1-4H3;1H4;2*1H/q+2;;;/p-2. The maximum absolute atomic E-state index is 12.7. The van der Waals surface area contributed by atoms with Crippen LogP contribution in [0.25, 0.3) is 11.1 Å². The van der Waals surface area contributed by atoms with Gasteiger partial charge in [0.15, 0.2) is 24.8 Å². The third kappa shape index (κ3) is 8.83. The van der Waals surface area contributed by atoms with Crippen LogP contribution in [0.3, 0.4) is 0 Å². The van der Waals surface area contributed by atoms with Crippen LogP contribution in [-0.4, -0.2) is 39.8 Å². The Kier molecular flexibility index (Phi) is 13.2. The number of benzene rings is 2. The normalized spacial score (nSPS) is 9.85. The summed E-state index contributed by atoms with van der Waals surface area (Å²) < 4.78 is 3.77. The molecule has 39 heavy (non-hydrogen) atoms. The fraction of sp³-hybridized carbons (Fsp3) is 0.226. The molecule has 2 heterocycles. The van der Waals surface area contributed by atoms with Gasteiger partial charge in [-0.05, 0) is 11.1 Å². The molecule has 0 unspecified atom stereocenters. The van der Waals surface area contributed by atoms with Crippen LogP contribution in [0.2, 0.25) is 0 Å². The van der Waals surface area contributed by atoms with Crippen molar-refractivity contribution in [2.75, 3.05) is 38.0 Å². The Morgan fingerprint density at radius 1 is 0.538 bits per heavy atom. The van der Waals surface area contributed by atoms with E-state index >= 15 is 0 Å². The fourth-order valence-corrected chi connectivity index (χ4v) is 3.92. The number of carbonyl (C=O) groups is 2. The number of ketones is 2. The van der Waals surface area contributed by atoms with Gasteiger partial charge in [-0.1, -0.05) is 56.0 Å². The van der Waals surface area contributed by atoms with E-state index in [1.54, 1.807) is 0 Å². The van der Waals surface area contributed by atoms with Gasteiger partial charge in [0.2, 0.25) is 24.7 Å².